The number of aliphatic hydroxyl groups excluding tert-OH is 1. The predicted octanol–water partition coefficient (Wildman–Crippen LogP) is 2.65. The maximum atomic E-state index is 12.9. The van der Waals surface area contributed by atoms with Gasteiger partial charge in [0.1, 0.15) is 0 Å². The lowest BCUT2D eigenvalue weighted by Crippen LogP contribution is -2.65. The number of hydrogen-bond donors (Lipinski definition) is 3. The Morgan fingerprint density at radius 1 is 1.23 bits per heavy atom. The number of fused-ring (bicyclic) bond motifs is 2. The number of carboxylic acids is 2. The first kappa shape index (κ1) is 25.2. The van der Waals surface area contributed by atoms with E-state index in [2.05, 4.69) is 30.7 Å². The molecule has 2 heterocycles. The van der Waals surface area contributed by atoms with E-state index in [4.69, 9.17) is 9.84 Å². The van der Waals surface area contributed by atoms with Gasteiger partial charge >= 0.3 is 17.9 Å². The molecule has 3 unspecified atom stereocenters. The SMILES string of the molecule is CC(C)n1cc2c3c(cccc31)C1C[C@@H](C(=O)OCCCO)CN(C)C1(C(CC(=O)O)C(=O)O)C2. The van der Waals surface area contributed by atoms with Crippen LogP contribution in [0.25, 0.3) is 10.9 Å². The van der Waals surface area contributed by atoms with Crippen molar-refractivity contribution in [3.63, 3.8) is 0 Å². The molecule has 1 aromatic carbocycles. The summed E-state index contributed by atoms with van der Waals surface area (Å²) in [4.78, 5) is 39.2. The van der Waals surface area contributed by atoms with E-state index >= 15 is 0 Å². The van der Waals surface area contributed by atoms with Gasteiger partial charge in [0.25, 0.3) is 0 Å². The Kier molecular flexibility index (Phi) is 6.92. The lowest BCUT2D eigenvalue weighted by molar-refractivity contribution is -0.162. The number of carbonyl (C=O) groups excluding carboxylic acids is 1. The number of esters is 1. The maximum absolute atomic E-state index is 12.9. The number of aliphatic carboxylic acids is 2. The number of benzene rings is 1. The first-order chi connectivity index (χ1) is 16.6. The van der Waals surface area contributed by atoms with Crippen LogP contribution in [0, 0.1) is 11.8 Å². The molecule has 3 N–H and O–H groups in total. The average Bonchev–Trinajstić information content (AvgIpc) is 3.17. The molecular weight excluding hydrogens is 452 g/mol. The van der Waals surface area contributed by atoms with Crippen LogP contribution in [0.15, 0.2) is 24.4 Å². The lowest BCUT2D eigenvalue weighted by atomic mass is 9.58. The zero-order valence-corrected chi connectivity index (χ0v) is 20.4. The van der Waals surface area contributed by atoms with E-state index in [0.29, 0.717) is 19.3 Å². The molecule has 0 saturated carbocycles. The third-order valence-corrected chi connectivity index (χ3v) is 7.86. The third-order valence-electron chi connectivity index (χ3n) is 7.86. The summed E-state index contributed by atoms with van der Waals surface area (Å²) in [5.74, 6) is -4.69. The number of ether oxygens (including phenoxy) is 1. The second kappa shape index (κ2) is 9.62. The van der Waals surface area contributed by atoms with Gasteiger partial charge in [-0.3, -0.25) is 19.3 Å². The topological polar surface area (TPSA) is 129 Å². The number of rotatable bonds is 9. The first-order valence-corrected chi connectivity index (χ1v) is 12.2. The van der Waals surface area contributed by atoms with Crippen LogP contribution in [-0.4, -0.2) is 75.0 Å². The summed E-state index contributed by atoms with van der Waals surface area (Å²) in [5, 5.41) is 30.0. The van der Waals surface area contributed by atoms with Crippen molar-refractivity contribution in [1.29, 1.82) is 0 Å². The number of aliphatic hydroxyl groups is 1. The number of likely N-dealkylation sites (N-methyl/N-ethyl adjacent to an activating group) is 1. The summed E-state index contributed by atoms with van der Waals surface area (Å²) in [5.41, 5.74) is 2.02. The van der Waals surface area contributed by atoms with Crippen LogP contribution in [0.4, 0.5) is 0 Å². The van der Waals surface area contributed by atoms with Gasteiger partial charge < -0.3 is 24.6 Å². The fourth-order valence-corrected chi connectivity index (χ4v) is 6.38. The van der Waals surface area contributed by atoms with E-state index in [0.717, 1.165) is 22.0 Å². The molecule has 2 aliphatic rings. The van der Waals surface area contributed by atoms with Crippen molar-refractivity contribution >= 4 is 28.8 Å². The first-order valence-electron chi connectivity index (χ1n) is 12.2. The Labute approximate surface area is 204 Å². The molecule has 1 aromatic heterocycles. The van der Waals surface area contributed by atoms with Crippen molar-refractivity contribution < 1.29 is 34.4 Å². The van der Waals surface area contributed by atoms with Crippen LogP contribution >= 0.6 is 0 Å². The van der Waals surface area contributed by atoms with Crippen LogP contribution in [0.3, 0.4) is 0 Å². The molecule has 0 spiro atoms. The van der Waals surface area contributed by atoms with E-state index in [1.54, 1.807) is 7.05 Å². The number of aromatic nitrogens is 1. The Hall–Kier alpha value is -2.91. The third kappa shape index (κ3) is 4.21. The van der Waals surface area contributed by atoms with Crippen LogP contribution in [0.2, 0.25) is 0 Å². The van der Waals surface area contributed by atoms with Gasteiger partial charge in [-0.1, -0.05) is 12.1 Å². The van der Waals surface area contributed by atoms with Gasteiger partial charge in [-0.05, 0) is 50.9 Å². The fourth-order valence-electron chi connectivity index (χ4n) is 6.38. The van der Waals surface area contributed by atoms with E-state index < -0.39 is 35.7 Å². The maximum Gasteiger partial charge on any atom is 0.310 e. The van der Waals surface area contributed by atoms with Crippen molar-refractivity contribution in [1.82, 2.24) is 9.47 Å². The molecule has 190 valence electrons. The van der Waals surface area contributed by atoms with E-state index in [1.165, 1.54) is 0 Å². The number of likely N-dealkylation sites (tertiary alicyclic amines) is 1. The standard InChI is InChI=1S/C26H34N2O7/c1-15(2)28-14-17-12-26(20(24(32)33)11-22(30)31)19(18-6-4-7-21(28)23(17)18)10-16(13-27(26)3)25(34)35-9-5-8-29/h4,6-7,14-16,19-20,29H,5,8-13H2,1-3H3,(H,30,31)(H,32,33)/t16-,19?,20?,26?/m1/s1. The van der Waals surface area contributed by atoms with Gasteiger partial charge in [-0.15, -0.1) is 0 Å². The Bertz CT molecular complexity index is 1140. The molecule has 1 aliphatic carbocycles. The van der Waals surface area contributed by atoms with Crippen LogP contribution < -0.4 is 0 Å². The Balaban J connectivity index is 1.86. The van der Waals surface area contributed by atoms with Gasteiger partial charge in [-0.25, -0.2) is 0 Å². The van der Waals surface area contributed by atoms with E-state index in [1.807, 2.05) is 17.0 Å². The largest absolute Gasteiger partial charge is 0.481 e. The Morgan fingerprint density at radius 2 is 1.97 bits per heavy atom. The predicted molar refractivity (Wildman–Crippen MR) is 128 cm³/mol. The van der Waals surface area contributed by atoms with Crippen molar-refractivity contribution in [2.75, 3.05) is 26.8 Å². The minimum Gasteiger partial charge on any atom is -0.481 e. The highest BCUT2D eigenvalue weighted by molar-refractivity contribution is 5.91. The van der Waals surface area contributed by atoms with Gasteiger partial charge in [0.15, 0.2) is 0 Å². The number of carbonyl (C=O) groups is 3. The second-order valence-electron chi connectivity index (χ2n) is 10.2. The highest BCUT2D eigenvalue weighted by atomic mass is 16.5. The number of carboxylic acid groups (broad SMARTS) is 2. The molecule has 0 radical (unpaired) electrons. The van der Waals surface area contributed by atoms with E-state index in [9.17, 15) is 24.6 Å². The molecule has 1 aliphatic heterocycles. The summed E-state index contributed by atoms with van der Waals surface area (Å²) in [6.07, 6.45) is 2.68. The molecule has 9 nitrogen and oxygen atoms in total. The molecule has 0 amide bonds. The van der Waals surface area contributed by atoms with Crippen molar-refractivity contribution in [2.45, 2.75) is 57.0 Å². The molecule has 0 bridgehead atoms. The Morgan fingerprint density at radius 3 is 2.60 bits per heavy atom. The van der Waals surface area contributed by atoms with Crippen LogP contribution in [0.1, 0.15) is 56.2 Å². The average molecular weight is 487 g/mol. The summed E-state index contributed by atoms with van der Waals surface area (Å²) in [6.45, 7) is 4.50. The van der Waals surface area contributed by atoms with E-state index in [-0.39, 0.29) is 37.7 Å². The molecule has 1 fully saturated rings. The molecule has 1 saturated heterocycles. The summed E-state index contributed by atoms with van der Waals surface area (Å²) < 4.78 is 7.57. The molecule has 2 aromatic rings. The van der Waals surface area contributed by atoms with Crippen molar-refractivity contribution in [3.05, 3.63) is 35.5 Å². The number of hydrogen-bond acceptors (Lipinski definition) is 6. The minimum absolute atomic E-state index is 0.0727. The molecule has 35 heavy (non-hydrogen) atoms. The van der Waals surface area contributed by atoms with Crippen molar-refractivity contribution in [3.8, 4) is 0 Å². The zero-order valence-electron chi connectivity index (χ0n) is 20.4. The van der Waals surface area contributed by atoms with Gasteiger partial charge in [0.2, 0.25) is 0 Å². The monoisotopic (exact) mass is 486 g/mol. The second-order valence-corrected chi connectivity index (χ2v) is 10.2. The fraction of sp³-hybridized carbons (Fsp3) is 0.577. The van der Waals surface area contributed by atoms with Gasteiger partial charge in [-0.2, -0.15) is 0 Å². The van der Waals surface area contributed by atoms with Crippen molar-refractivity contribution in [2.24, 2.45) is 11.8 Å². The minimum atomic E-state index is -1.16. The van der Waals surface area contributed by atoms with Gasteiger partial charge in [0.05, 0.1) is 24.9 Å². The zero-order chi connectivity index (χ0) is 25.5. The molecule has 4 atom stereocenters. The quantitative estimate of drug-likeness (QED) is 0.364. The normalized spacial score (nSPS) is 24.8. The van der Waals surface area contributed by atoms with Crippen LogP contribution in [0.5, 0.6) is 0 Å². The van der Waals surface area contributed by atoms with Gasteiger partial charge in [0, 0.05) is 54.2 Å². The van der Waals surface area contributed by atoms with Crippen LogP contribution in [-0.2, 0) is 25.5 Å². The number of piperidine rings is 1. The highest BCUT2D eigenvalue weighted by Gasteiger charge is 2.58. The summed E-state index contributed by atoms with van der Waals surface area (Å²) in [6, 6.07) is 6.18. The molecular formula is C26H34N2O7. The highest BCUT2D eigenvalue weighted by Crippen LogP contribution is 2.55. The lowest BCUT2D eigenvalue weighted by Gasteiger charge is -2.57. The summed E-state index contributed by atoms with van der Waals surface area (Å²) >= 11 is 0. The molecule has 4 rings (SSSR count). The smallest absolute Gasteiger partial charge is 0.310 e. The molecule has 9 heteroatoms. The summed E-state index contributed by atoms with van der Waals surface area (Å²) in [7, 11) is 1.79. The number of nitrogens with zero attached hydrogens (tertiary/aromatic N) is 2.